The van der Waals surface area contributed by atoms with Gasteiger partial charge in [-0.15, -0.1) is 11.8 Å². The van der Waals surface area contributed by atoms with E-state index in [1.807, 2.05) is 36.4 Å². The van der Waals surface area contributed by atoms with Gasteiger partial charge in [-0.1, -0.05) is 36.6 Å². The number of hydrogen-bond donors (Lipinski definition) is 1. The van der Waals surface area contributed by atoms with Gasteiger partial charge in [0, 0.05) is 34.3 Å². The van der Waals surface area contributed by atoms with Gasteiger partial charge < -0.3 is 5.32 Å². The third-order valence-corrected chi connectivity index (χ3v) is 6.06. The molecular weight excluding hydrogens is 376 g/mol. The van der Waals surface area contributed by atoms with Crippen molar-refractivity contribution in [3.05, 3.63) is 64.7 Å². The number of halogens is 1. The first-order valence-corrected chi connectivity index (χ1v) is 11.0. The summed E-state index contributed by atoms with van der Waals surface area (Å²) in [7, 11) is 0. The molecule has 144 valence electrons. The molecule has 0 aromatic heterocycles. The van der Waals surface area contributed by atoms with Gasteiger partial charge in [-0.3, -0.25) is 9.69 Å². The monoisotopic (exact) mass is 402 g/mol. The Hall–Kier alpha value is -1.49. The zero-order valence-corrected chi connectivity index (χ0v) is 17.2. The quantitative estimate of drug-likeness (QED) is 0.507. The highest BCUT2D eigenvalue weighted by atomic mass is 35.5. The van der Waals surface area contributed by atoms with Gasteiger partial charge in [0.1, 0.15) is 0 Å². The van der Waals surface area contributed by atoms with Crippen LogP contribution in [0.5, 0.6) is 0 Å². The van der Waals surface area contributed by atoms with Crippen molar-refractivity contribution >= 4 is 29.3 Å². The first-order valence-electron chi connectivity index (χ1n) is 9.68. The third kappa shape index (κ3) is 6.87. The number of likely N-dealkylation sites (tertiary alicyclic amines) is 1. The predicted molar refractivity (Wildman–Crippen MR) is 115 cm³/mol. The highest BCUT2D eigenvalue weighted by molar-refractivity contribution is 7.99. The molecule has 1 fully saturated rings. The van der Waals surface area contributed by atoms with E-state index in [1.54, 1.807) is 11.8 Å². The summed E-state index contributed by atoms with van der Waals surface area (Å²) in [6.45, 7) is 4.00. The Bertz CT molecular complexity index is 710. The molecule has 1 aliphatic rings. The van der Waals surface area contributed by atoms with Crippen molar-refractivity contribution in [3.8, 4) is 0 Å². The molecule has 2 aromatic carbocycles. The van der Waals surface area contributed by atoms with E-state index in [2.05, 4.69) is 22.3 Å². The zero-order valence-electron chi connectivity index (χ0n) is 15.6. The molecule has 1 amide bonds. The lowest BCUT2D eigenvalue weighted by Crippen LogP contribution is -2.26. The fraction of sp³-hybridized carbons (Fsp3) is 0.409. The van der Waals surface area contributed by atoms with Crippen LogP contribution >= 0.6 is 23.4 Å². The lowest BCUT2D eigenvalue weighted by Gasteiger charge is -2.19. The fourth-order valence-corrected chi connectivity index (χ4v) is 4.17. The predicted octanol–water partition coefficient (Wildman–Crippen LogP) is 5.24. The lowest BCUT2D eigenvalue weighted by atomic mass is 10.1. The van der Waals surface area contributed by atoms with Crippen LogP contribution in [0.4, 0.5) is 0 Å². The summed E-state index contributed by atoms with van der Waals surface area (Å²) in [5.74, 6) is 0.827. The summed E-state index contributed by atoms with van der Waals surface area (Å²) in [6.07, 6.45) is 5.31. The van der Waals surface area contributed by atoms with Crippen LogP contribution in [0, 0.1) is 0 Å². The molecule has 0 radical (unpaired) electrons. The van der Waals surface area contributed by atoms with Gasteiger partial charge in [-0.25, -0.2) is 0 Å². The van der Waals surface area contributed by atoms with Crippen molar-refractivity contribution in [2.24, 2.45) is 0 Å². The Balaban J connectivity index is 1.41. The standard InChI is InChI=1S/C22H27ClN2OS/c23-20-9-11-21(12-10-20)27-16-13-24-22(26)19-7-5-18(6-8-19)17-25-14-3-1-2-4-15-25/h5-12H,1-4,13-17H2,(H,24,26). The van der Waals surface area contributed by atoms with E-state index >= 15 is 0 Å². The highest BCUT2D eigenvalue weighted by Gasteiger charge is 2.10. The number of carbonyl (C=O) groups excluding carboxylic acids is 1. The van der Waals surface area contributed by atoms with Crippen LogP contribution in [0.15, 0.2) is 53.4 Å². The number of nitrogens with one attached hydrogen (secondary N) is 1. The summed E-state index contributed by atoms with van der Waals surface area (Å²) < 4.78 is 0. The van der Waals surface area contributed by atoms with Crippen molar-refractivity contribution in [3.63, 3.8) is 0 Å². The molecule has 0 unspecified atom stereocenters. The Labute approximate surface area is 171 Å². The molecule has 5 heteroatoms. The summed E-state index contributed by atoms with van der Waals surface area (Å²) >= 11 is 7.60. The number of benzene rings is 2. The van der Waals surface area contributed by atoms with E-state index in [-0.39, 0.29) is 5.91 Å². The molecule has 0 spiro atoms. The molecule has 1 N–H and O–H groups in total. The first-order chi connectivity index (χ1) is 13.2. The molecule has 1 saturated heterocycles. The maximum absolute atomic E-state index is 12.3. The molecule has 2 aromatic rings. The van der Waals surface area contributed by atoms with E-state index in [0.717, 1.165) is 27.8 Å². The molecule has 1 heterocycles. The Morgan fingerprint density at radius 3 is 2.30 bits per heavy atom. The van der Waals surface area contributed by atoms with Crippen LogP contribution < -0.4 is 5.32 Å². The van der Waals surface area contributed by atoms with E-state index < -0.39 is 0 Å². The van der Waals surface area contributed by atoms with Crippen LogP contribution in [-0.2, 0) is 6.54 Å². The minimum absolute atomic E-state index is 0.00645. The molecule has 0 atom stereocenters. The van der Waals surface area contributed by atoms with Gasteiger partial charge in [-0.2, -0.15) is 0 Å². The fourth-order valence-electron chi connectivity index (χ4n) is 3.28. The molecule has 27 heavy (non-hydrogen) atoms. The van der Waals surface area contributed by atoms with Gasteiger partial charge in [0.05, 0.1) is 0 Å². The second kappa shape index (κ2) is 10.7. The number of nitrogens with zero attached hydrogens (tertiary/aromatic N) is 1. The number of hydrogen-bond acceptors (Lipinski definition) is 3. The van der Waals surface area contributed by atoms with Gasteiger partial charge in [-0.05, 0) is 67.9 Å². The van der Waals surface area contributed by atoms with Gasteiger partial charge in [0.2, 0.25) is 0 Å². The van der Waals surface area contributed by atoms with E-state index in [1.165, 1.54) is 44.3 Å². The Morgan fingerprint density at radius 2 is 1.63 bits per heavy atom. The lowest BCUT2D eigenvalue weighted by molar-refractivity contribution is 0.0956. The summed E-state index contributed by atoms with van der Waals surface area (Å²) in [5.41, 5.74) is 2.01. The van der Waals surface area contributed by atoms with E-state index in [0.29, 0.717) is 6.54 Å². The SMILES string of the molecule is O=C(NCCSc1ccc(Cl)cc1)c1ccc(CN2CCCCCC2)cc1. The molecular formula is C22H27ClN2OS. The topological polar surface area (TPSA) is 32.3 Å². The first kappa shape index (κ1) is 20.2. The Kier molecular flexibility index (Phi) is 8.06. The minimum Gasteiger partial charge on any atom is -0.351 e. The minimum atomic E-state index is -0.00645. The van der Waals surface area contributed by atoms with Crippen LogP contribution in [0.25, 0.3) is 0 Å². The van der Waals surface area contributed by atoms with Crippen LogP contribution in [0.3, 0.4) is 0 Å². The Morgan fingerprint density at radius 1 is 0.963 bits per heavy atom. The van der Waals surface area contributed by atoms with Crippen molar-refractivity contribution in [1.82, 2.24) is 10.2 Å². The van der Waals surface area contributed by atoms with E-state index in [9.17, 15) is 4.79 Å². The summed E-state index contributed by atoms with van der Waals surface area (Å²) in [5, 5.41) is 3.74. The maximum atomic E-state index is 12.3. The molecule has 0 aliphatic carbocycles. The van der Waals surface area contributed by atoms with Crippen LogP contribution in [-0.4, -0.2) is 36.2 Å². The highest BCUT2D eigenvalue weighted by Crippen LogP contribution is 2.19. The number of amides is 1. The summed E-state index contributed by atoms with van der Waals surface area (Å²) in [6, 6.07) is 15.8. The number of rotatable bonds is 7. The van der Waals surface area contributed by atoms with Gasteiger partial charge in [0.15, 0.2) is 0 Å². The van der Waals surface area contributed by atoms with E-state index in [4.69, 9.17) is 11.6 Å². The average molecular weight is 403 g/mol. The second-order valence-corrected chi connectivity index (χ2v) is 8.55. The molecule has 0 saturated carbocycles. The van der Waals surface area contributed by atoms with Crippen molar-refractivity contribution in [2.75, 3.05) is 25.4 Å². The van der Waals surface area contributed by atoms with Crippen molar-refractivity contribution in [1.29, 1.82) is 0 Å². The van der Waals surface area contributed by atoms with Crippen molar-refractivity contribution < 1.29 is 4.79 Å². The number of thioether (sulfide) groups is 1. The normalized spacial score (nSPS) is 15.3. The van der Waals surface area contributed by atoms with Crippen LogP contribution in [0.1, 0.15) is 41.6 Å². The third-order valence-electron chi connectivity index (χ3n) is 4.79. The maximum Gasteiger partial charge on any atom is 0.251 e. The summed E-state index contributed by atoms with van der Waals surface area (Å²) in [4.78, 5) is 16.0. The molecule has 3 rings (SSSR count). The zero-order chi connectivity index (χ0) is 18.9. The molecule has 1 aliphatic heterocycles. The van der Waals surface area contributed by atoms with Crippen LogP contribution in [0.2, 0.25) is 5.02 Å². The second-order valence-electron chi connectivity index (χ2n) is 6.95. The largest absolute Gasteiger partial charge is 0.351 e. The van der Waals surface area contributed by atoms with Gasteiger partial charge in [0.25, 0.3) is 5.91 Å². The smallest absolute Gasteiger partial charge is 0.251 e. The average Bonchev–Trinajstić information content (AvgIpc) is 2.96. The molecule has 0 bridgehead atoms. The van der Waals surface area contributed by atoms with Crippen molar-refractivity contribution in [2.45, 2.75) is 37.1 Å². The van der Waals surface area contributed by atoms with Gasteiger partial charge >= 0.3 is 0 Å². The number of carbonyl (C=O) groups is 1. The molecule has 3 nitrogen and oxygen atoms in total.